The molecule has 134 valence electrons. The largest absolute Gasteiger partial charge is 0.486 e. The lowest BCUT2D eigenvalue weighted by atomic mass is 10.2. The molecule has 1 aliphatic rings. The molecule has 0 spiro atoms. The van der Waals surface area contributed by atoms with Crippen LogP contribution in [0.5, 0.6) is 5.75 Å². The lowest BCUT2D eigenvalue weighted by molar-refractivity contribution is 0.0909. The van der Waals surface area contributed by atoms with Crippen molar-refractivity contribution in [1.82, 2.24) is 5.32 Å². The van der Waals surface area contributed by atoms with Crippen LogP contribution in [0.25, 0.3) is 0 Å². The summed E-state index contributed by atoms with van der Waals surface area (Å²) in [5, 5.41) is 2.70. The van der Waals surface area contributed by atoms with Gasteiger partial charge in [-0.05, 0) is 42.7 Å². The maximum Gasteiger partial charge on any atom is 0.287 e. The first-order valence-corrected chi connectivity index (χ1v) is 10.1. The Bertz CT molecular complexity index is 839. The standard InChI is InChI=1S/C18H21NO5S/c1-2-13-3-5-15(6-4-13)23-11-16-7-8-17(24-16)18(20)19-14-9-10-25(21,22)12-14/h3-8,14H,2,9-12H2,1H3,(H,19,20). The van der Waals surface area contributed by atoms with Crippen molar-refractivity contribution in [2.24, 2.45) is 0 Å². The third-order valence-electron chi connectivity index (χ3n) is 4.17. The van der Waals surface area contributed by atoms with Gasteiger partial charge in [0.2, 0.25) is 0 Å². The summed E-state index contributed by atoms with van der Waals surface area (Å²) in [6.07, 6.45) is 1.41. The van der Waals surface area contributed by atoms with Crippen LogP contribution in [0.4, 0.5) is 0 Å². The molecule has 0 radical (unpaired) electrons. The predicted molar refractivity (Wildman–Crippen MR) is 93.4 cm³/mol. The molecular weight excluding hydrogens is 342 g/mol. The van der Waals surface area contributed by atoms with Gasteiger partial charge in [0, 0.05) is 6.04 Å². The second-order valence-corrected chi connectivity index (χ2v) is 8.35. The predicted octanol–water partition coefficient (Wildman–Crippen LogP) is 2.34. The summed E-state index contributed by atoms with van der Waals surface area (Å²) in [6, 6.07) is 10.7. The van der Waals surface area contributed by atoms with Gasteiger partial charge in [0.25, 0.3) is 5.91 Å². The Balaban J connectivity index is 1.53. The molecule has 0 saturated carbocycles. The third-order valence-corrected chi connectivity index (χ3v) is 5.93. The number of carbonyl (C=O) groups is 1. The lowest BCUT2D eigenvalue weighted by Crippen LogP contribution is -2.35. The van der Waals surface area contributed by atoms with E-state index in [0.717, 1.165) is 12.2 Å². The van der Waals surface area contributed by atoms with Gasteiger partial charge < -0.3 is 14.5 Å². The highest BCUT2D eigenvalue weighted by Crippen LogP contribution is 2.17. The number of sulfone groups is 1. The molecule has 7 heteroatoms. The van der Waals surface area contributed by atoms with Crippen LogP contribution in [0, 0.1) is 0 Å². The van der Waals surface area contributed by atoms with Gasteiger partial charge in [-0.25, -0.2) is 8.42 Å². The number of aryl methyl sites for hydroxylation is 1. The maximum absolute atomic E-state index is 12.1. The van der Waals surface area contributed by atoms with Crippen LogP contribution in [0.15, 0.2) is 40.8 Å². The molecule has 1 aromatic heterocycles. The maximum atomic E-state index is 12.1. The lowest BCUT2D eigenvalue weighted by Gasteiger charge is -2.09. The topological polar surface area (TPSA) is 85.6 Å². The van der Waals surface area contributed by atoms with E-state index < -0.39 is 15.7 Å². The van der Waals surface area contributed by atoms with E-state index >= 15 is 0 Å². The molecule has 1 saturated heterocycles. The molecule has 2 heterocycles. The normalized spacial score (nSPS) is 18.8. The Morgan fingerprint density at radius 3 is 2.64 bits per heavy atom. The molecule has 1 aliphatic heterocycles. The summed E-state index contributed by atoms with van der Waals surface area (Å²) in [5.74, 6) is 1.12. The van der Waals surface area contributed by atoms with E-state index in [-0.39, 0.29) is 29.9 Å². The van der Waals surface area contributed by atoms with Gasteiger partial charge >= 0.3 is 0 Å². The molecule has 2 aromatic rings. The van der Waals surface area contributed by atoms with Crippen molar-refractivity contribution in [3.8, 4) is 5.75 Å². The van der Waals surface area contributed by atoms with Crippen molar-refractivity contribution in [2.75, 3.05) is 11.5 Å². The number of rotatable bonds is 6. The van der Waals surface area contributed by atoms with Crippen LogP contribution in [0.3, 0.4) is 0 Å². The van der Waals surface area contributed by atoms with Crippen LogP contribution in [-0.4, -0.2) is 31.9 Å². The van der Waals surface area contributed by atoms with Crippen LogP contribution in [0.2, 0.25) is 0 Å². The van der Waals surface area contributed by atoms with Gasteiger partial charge in [-0.2, -0.15) is 0 Å². The number of hydrogen-bond acceptors (Lipinski definition) is 5. The molecule has 0 bridgehead atoms. The molecule has 1 aromatic carbocycles. The Morgan fingerprint density at radius 1 is 1.24 bits per heavy atom. The number of ether oxygens (including phenoxy) is 1. The van der Waals surface area contributed by atoms with Crippen molar-refractivity contribution in [1.29, 1.82) is 0 Å². The Kier molecular flexibility index (Phi) is 5.13. The van der Waals surface area contributed by atoms with Crippen LogP contribution in [-0.2, 0) is 22.9 Å². The van der Waals surface area contributed by atoms with E-state index in [4.69, 9.17) is 9.15 Å². The summed E-state index contributed by atoms with van der Waals surface area (Å²) in [7, 11) is -3.03. The molecule has 1 unspecified atom stereocenters. The number of amides is 1. The van der Waals surface area contributed by atoms with Crippen molar-refractivity contribution in [2.45, 2.75) is 32.4 Å². The molecule has 1 atom stereocenters. The minimum absolute atomic E-state index is 0.0107. The number of furan rings is 1. The van der Waals surface area contributed by atoms with E-state index in [2.05, 4.69) is 12.2 Å². The first-order chi connectivity index (χ1) is 11.9. The van der Waals surface area contributed by atoms with Crippen LogP contribution in [0.1, 0.15) is 35.2 Å². The SMILES string of the molecule is CCc1ccc(OCc2ccc(C(=O)NC3CCS(=O)(=O)C3)o2)cc1. The molecule has 6 nitrogen and oxygen atoms in total. The second-order valence-electron chi connectivity index (χ2n) is 6.13. The van der Waals surface area contributed by atoms with Gasteiger partial charge in [0.15, 0.2) is 15.6 Å². The van der Waals surface area contributed by atoms with E-state index in [9.17, 15) is 13.2 Å². The molecule has 25 heavy (non-hydrogen) atoms. The van der Waals surface area contributed by atoms with Gasteiger partial charge in [0.05, 0.1) is 11.5 Å². The highest BCUT2D eigenvalue weighted by atomic mass is 32.2. The fourth-order valence-electron chi connectivity index (χ4n) is 2.72. The smallest absolute Gasteiger partial charge is 0.287 e. The molecule has 1 fully saturated rings. The van der Waals surface area contributed by atoms with E-state index in [1.54, 1.807) is 12.1 Å². The average molecular weight is 363 g/mol. The van der Waals surface area contributed by atoms with Crippen LogP contribution < -0.4 is 10.1 Å². The Labute approximate surface area is 147 Å². The minimum atomic E-state index is -3.03. The van der Waals surface area contributed by atoms with Crippen molar-refractivity contribution in [3.63, 3.8) is 0 Å². The minimum Gasteiger partial charge on any atom is -0.486 e. The summed E-state index contributed by atoms with van der Waals surface area (Å²) >= 11 is 0. The second kappa shape index (κ2) is 7.31. The molecule has 0 aliphatic carbocycles. The summed E-state index contributed by atoms with van der Waals surface area (Å²) in [6.45, 7) is 2.31. The van der Waals surface area contributed by atoms with Crippen LogP contribution >= 0.6 is 0 Å². The molecule has 1 amide bonds. The van der Waals surface area contributed by atoms with E-state index in [1.165, 1.54) is 5.56 Å². The first kappa shape index (κ1) is 17.5. The average Bonchev–Trinajstić information content (AvgIpc) is 3.20. The fraction of sp³-hybridized carbons (Fsp3) is 0.389. The molecule has 1 N–H and O–H groups in total. The number of nitrogens with one attached hydrogen (secondary N) is 1. The highest BCUT2D eigenvalue weighted by Gasteiger charge is 2.29. The quantitative estimate of drug-likeness (QED) is 0.851. The van der Waals surface area contributed by atoms with Crippen molar-refractivity contribution in [3.05, 3.63) is 53.5 Å². The van der Waals surface area contributed by atoms with Crippen molar-refractivity contribution >= 4 is 15.7 Å². The van der Waals surface area contributed by atoms with Gasteiger partial charge in [0.1, 0.15) is 18.1 Å². The number of carbonyl (C=O) groups excluding carboxylic acids is 1. The number of hydrogen-bond donors (Lipinski definition) is 1. The molecular formula is C18H21NO5S. The fourth-order valence-corrected chi connectivity index (χ4v) is 4.39. The zero-order valence-corrected chi connectivity index (χ0v) is 14.8. The highest BCUT2D eigenvalue weighted by molar-refractivity contribution is 7.91. The zero-order valence-electron chi connectivity index (χ0n) is 14.0. The third kappa shape index (κ3) is 4.63. The monoisotopic (exact) mass is 363 g/mol. The van der Waals surface area contributed by atoms with E-state index in [1.807, 2.05) is 24.3 Å². The Morgan fingerprint density at radius 2 is 2.00 bits per heavy atom. The Hall–Kier alpha value is -2.28. The zero-order chi connectivity index (χ0) is 17.9. The summed E-state index contributed by atoms with van der Waals surface area (Å²) in [4.78, 5) is 12.1. The van der Waals surface area contributed by atoms with Crippen molar-refractivity contribution < 1.29 is 22.4 Å². The van der Waals surface area contributed by atoms with Gasteiger partial charge in [-0.1, -0.05) is 19.1 Å². The van der Waals surface area contributed by atoms with Gasteiger partial charge in [-0.3, -0.25) is 4.79 Å². The molecule has 3 rings (SSSR count). The summed E-state index contributed by atoms with van der Waals surface area (Å²) in [5.41, 5.74) is 1.23. The summed E-state index contributed by atoms with van der Waals surface area (Å²) < 4.78 is 34.0. The van der Waals surface area contributed by atoms with E-state index in [0.29, 0.717) is 12.2 Å². The first-order valence-electron chi connectivity index (χ1n) is 8.27. The van der Waals surface area contributed by atoms with Gasteiger partial charge in [-0.15, -0.1) is 0 Å². The number of benzene rings is 1.